The first-order valence-electron chi connectivity index (χ1n) is 5.96. The number of alkyl halides is 1. The molecular formula is C11H11F2N3O5. The molecule has 1 aliphatic rings. The summed E-state index contributed by atoms with van der Waals surface area (Å²) in [4.78, 5) is 17.5. The molecule has 0 radical (unpaired) electrons. The van der Waals surface area contributed by atoms with E-state index < -0.39 is 42.3 Å². The Hall–Kier alpha value is -1.88. The second kappa shape index (κ2) is 4.56. The van der Waals surface area contributed by atoms with Gasteiger partial charge in [-0.2, -0.15) is 0 Å². The molecule has 10 heteroatoms. The molecule has 0 unspecified atom stereocenters. The molecule has 2 aromatic rings. The molecule has 21 heavy (non-hydrogen) atoms. The fourth-order valence-electron chi connectivity index (χ4n) is 2.35. The van der Waals surface area contributed by atoms with Crippen LogP contribution < -0.4 is 5.56 Å². The zero-order chi connectivity index (χ0) is 15.4. The minimum Gasteiger partial charge on any atom is -0.390 e. The van der Waals surface area contributed by atoms with Crippen molar-refractivity contribution in [2.24, 2.45) is 0 Å². The van der Waals surface area contributed by atoms with Crippen molar-refractivity contribution in [3.8, 4) is 0 Å². The molecule has 0 aliphatic carbocycles. The van der Waals surface area contributed by atoms with Crippen molar-refractivity contribution in [1.82, 2.24) is 14.5 Å². The van der Waals surface area contributed by atoms with Crippen LogP contribution in [0.15, 0.2) is 17.3 Å². The highest BCUT2D eigenvalue weighted by molar-refractivity contribution is 5.75. The molecule has 0 amide bonds. The maximum atomic E-state index is 14.0. The van der Waals surface area contributed by atoms with Crippen LogP contribution in [-0.2, 0) is 4.74 Å². The van der Waals surface area contributed by atoms with Crippen LogP contribution in [0.1, 0.15) is 6.23 Å². The van der Waals surface area contributed by atoms with E-state index in [1.165, 1.54) is 0 Å². The highest BCUT2D eigenvalue weighted by Crippen LogP contribution is 2.39. The number of nitrogens with one attached hydrogen (secondary N) is 1. The van der Waals surface area contributed by atoms with E-state index in [0.29, 0.717) is 0 Å². The first-order chi connectivity index (χ1) is 9.89. The molecule has 2 aromatic heterocycles. The second-order valence-electron chi connectivity index (χ2n) is 4.70. The minimum absolute atomic E-state index is 0.185. The molecule has 3 rings (SSSR count). The maximum absolute atomic E-state index is 14.0. The summed E-state index contributed by atoms with van der Waals surface area (Å²) >= 11 is 0. The van der Waals surface area contributed by atoms with Crippen LogP contribution >= 0.6 is 0 Å². The molecule has 4 N–H and O–H groups in total. The lowest BCUT2D eigenvalue weighted by Crippen LogP contribution is -2.42. The van der Waals surface area contributed by atoms with Gasteiger partial charge >= 0.3 is 0 Å². The van der Waals surface area contributed by atoms with Crippen LogP contribution in [-0.4, -0.2) is 54.5 Å². The highest BCUT2D eigenvalue weighted by Gasteiger charge is 2.56. The van der Waals surface area contributed by atoms with E-state index in [2.05, 4.69) is 9.97 Å². The lowest BCUT2D eigenvalue weighted by atomic mass is 10.1. The van der Waals surface area contributed by atoms with E-state index in [4.69, 9.17) is 9.84 Å². The summed E-state index contributed by atoms with van der Waals surface area (Å²) in [5, 5.41) is 27.9. The fourth-order valence-corrected chi connectivity index (χ4v) is 2.35. The number of aliphatic hydroxyl groups is 3. The van der Waals surface area contributed by atoms with Gasteiger partial charge in [-0.25, -0.2) is 13.8 Å². The van der Waals surface area contributed by atoms with Crippen molar-refractivity contribution in [3.63, 3.8) is 0 Å². The number of hydrogen-bond acceptors (Lipinski definition) is 6. The Morgan fingerprint density at radius 3 is 2.86 bits per heavy atom. The third-order valence-electron chi connectivity index (χ3n) is 3.43. The Kier molecular flexibility index (Phi) is 3.06. The summed E-state index contributed by atoms with van der Waals surface area (Å²) in [5.41, 5.74) is -0.937. The monoisotopic (exact) mass is 303 g/mol. The smallest absolute Gasteiger partial charge is 0.263 e. The van der Waals surface area contributed by atoms with Gasteiger partial charge in [0.15, 0.2) is 17.7 Å². The molecule has 0 spiro atoms. The fraction of sp³-hybridized carbons (Fsp3) is 0.455. The first kappa shape index (κ1) is 14.1. The average Bonchev–Trinajstić information content (AvgIpc) is 2.91. The predicted molar refractivity (Wildman–Crippen MR) is 63.4 cm³/mol. The van der Waals surface area contributed by atoms with Crippen LogP contribution in [0, 0.1) is 5.82 Å². The van der Waals surface area contributed by atoms with E-state index in [1.54, 1.807) is 0 Å². The van der Waals surface area contributed by atoms with Crippen LogP contribution in [0.4, 0.5) is 8.78 Å². The van der Waals surface area contributed by atoms with Gasteiger partial charge in [0.05, 0.1) is 6.33 Å². The van der Waals surface area contributed by atoms with Crippen LogP contribution in [0.2, 0.25) is 0 Å². The van der Waals surface area contributed by atoms with Crippen molar-refractivity contribution in [2.45, 2.75) is 24.3 Å². The lowest BCUT2D eigenvalue weighted by molar-refractivity contribution is -0.206. The number of fused-ring (bicyclic) bond motifs is 1. The van der Waals surface area contributed by atoms with Gasteiger partial charge in [0, 0.05) is 6.20 Å². The molecule has 8 nitrogen and oxygen atoms in total. The first-order valence-corrected chi connectivity index (χ1v) is 5.96. The summed E-state index contributed by atoms with van der Waals surface area (Å²) in [6, 6.07) is 0. The van der Waals surface area contributed by atoms with Crippen molar-refractivity contribution in [3.05, 3.63) is 28.7 Å². The van der Waals surface area contributed by atoms with Crippen LogP contribution in [0.25, 0.3) is 11.0 Å². The Balaban J connectivity index is 2.14. The van der Waals surface area contributed by atoms with Crippen molar-refractivity contribution < 1.29 is 28.8 Å². The van der Waals surface area contributed by atoms with Crippen LogP contribution in [0.3, 0.4) is 0 Å². The second-order valence-corrected chi connectivity index (χ2v) is 4.70. The Bertz CT molecular complexity index is 747. The number of hydrogen-bond donors (Lipinski definition) is 4. The minimum atomic E-state index is -2.89. The van der Waals surface area contributed by atoms with E-state index in [-0.39, 0.29) is 11.0 Å². The topological polar surface area (TPSA) is 121 Å². The normalized spacial score (nSPS) is 32.9. The predicted octanol–water partition coefficient (Wildman–Crippen LogP) is -1.23. The number of ether oxygens (including phenoxy) is 1. The Morgan fingerprint density at radius 1 is 1.52 bits per heavy atom. The van der Waals surface area contributed by atoms with Gasteiger partial charge in [0.2, 0.25) is 0 Å². The molecule has 0 saturated carbocycles. The van der Waals surface area contributed by atoms with Gasteiger partial charge in [0.1, 0.15) is 24.2 Å². The van der Waals surface area contributed by atoms with Crippen LogP contribution in [0.5, 0.6) is 0 Å². The van der Waals surface area contributed by atoms with Gasteiger partial charge in [0.25, 0.3) is 11.4 Å². The van der Waals surface area contributed by atoms with Crippen molar-refractivity contribution in [2.75, 3.05) is 6.61 Å². The van der Waals surface area contributed by atoms with Crippen molar-refractivity contribution in [1.29, 1.82) is 0 Å². The average molecular weight is 303 g/mol. The largest absolute Gasteiger partial charge is 0.390 e. The van der Waals surface area contributed by atoms with E-state index in [1.807, 2.05) is 0 Å². The third-order valence-corrected chi connectivity index (χ3v) is 3.43. The summed E-state index contributed by atoms with van der Waals surface area (Å²) in [6.07, 6.45) is -3.55. The summed E-state index contributed by atoms with van der Waals surface area (Å²) in [5.74, 6) is -3.83. The Labute approximate surface area is 115 Å². The summed E-state index contributed by atoms with van der Waals surface area (Å²) in [6.45, 7) is -1.20. The number of halogens is 2. The summed E-state index contributed by atoms with van der Waals surface area (Å²) < 4.78 is 33.5. The quantitative estimate of drug-likeness (QED) is 0.551. The number of aromatic amines is 1. The lowest BCUT2D eigenvalue weighted by Gasteiger charge is -2.19. The molecule has 3 heterocycles. The third kappa shape index (κ3) is 1.87. The molecule has 4 atom stereocenters. The van der Waals surface area contributed by atoms with Gasteiger partial charge < -0.3 is 29.6 Å². The number of rotatable bonds is 2. The molecule has 1 fully saturated rings. The molecular weight excluding hydrogens is 292 g/mol. The number of aromatic nitrogens is 3. The zero-order valence-electron chi connectivity index (χ0n) is 10.4. The standard InChI is InChI=1S/C11H11F2N3O5/c12-4-1-16(8-5(4)9(20)15-3-14-8)10-6(18)7(19)11(13,2-17)21-10/h1,3,6-7,10,17-19H,2H2,(H,14,15,20)/t6-,7+,10-,11-/m1/s1. The Morgan fingerprint density at radius 2 is 2.24 bits per heavy atom. The molecule has 0 bridgehead atoms. The van der Waals surface area contributed by atoms with Crippen molar-refractivity contribution >= 4 is 11.0 Å². The molecule has 1 saturated heterocycles. The molecule has 114 valence electrons. The van der Waals surface area contributed by atoms with Gasteiger partial charge in [-0.15, -0.1) is 0 Å². The molecule has 1 aliphatic heterocycles. The number of H-pyrrole nitrogens is 1. The van der Waals surface area contributed by atoms with Gasteiger partial charge in [-0.1, -0.05) is 0 Å². The highest BCUT2D eigenvalue weighted by atomic mass is 19.2. The SMILES string of the molecule is O=c1[nH]cnc2c1c(F)cn2[C@@H]1O[C@](F)(CO)[C@@H](O)[C@H]1O. The van der Waals surface area contributed by atoms with E-state index in [0.717, 1.165) is 17.1 Å². The maximum Gasteiger partial charge on any atom is 0.263 e. The van der Waals surface area contributed by atoms with E-state index in [9.17, 15) is 23.8 Å². The van der Waals surface area contributed by atoms with Gasteiger partial charge in [-0.05, 0) is 0 Å². The summed E-state index contributed by atoms with van der Waals surface area (Å²) in [7, 11) is 0. The number of nitrogens with zero attached hydrogens (tertiary/aromatic N) is 2. The van der Waals surface area contributed by atoms with Gasteiger partial charge in [-0.3, -0.25) is 4.79 Å². The zero-order valence-corrected chi connectivity index (χ0v) is 10.4. The number of aliphatic hydroxyl groups excluding tert-OH is 3. The van der Waals surface area contributed by atoms with E-state index >= 15 is 0 Å². The molecule has 0 aromatic carbocycles.